The van der Waals surface area contributed by atoms with Crippen LogP contribution in [0.3, 0.4) is 0 Å². The van der Waals surface area contributed by atoms with Gasteiger partial charge in [0.2, 0.25) is 5.91 Å². The Hall–Kier alpha value is -3.19. The summed E-state index contributed by atoms with van der Waals surface area (Å²) < 4.78 is 0. The van der Waals surface area contributed by atoms with Crippen LogP contribution in [0.15, 0.2) is 18.2 Å². The van der Waals surface area contributed by atoms with E-state index in [0.29, 0.717) is 38.3 Å². The average Bonchev–Trinajstić information content (AvgIpc) is 2.84. The number of non-ortho nitro benzene ring substituents is 1. The number of nitrogens with one attached hydrogen (secondary N) is 1. The molecule has 1 fully saturated rings. The first kappa shape index (κ1) is 19.1. The summed E-state index contributed by atoms with van der Waals surface area (Å²) in [6, 6.07) is 3.65. The summed E-state index contributed by atoms with van der Waals surface area (Å²) >= 11 is 0. The molecule has 0 unspecified atom stereocenters. The minimum atomic E-state index is -0.657. The third-order valence-electron chi connectivity index (χ3n) is 4.05. The Kier molecular flexibility index (Phi) is 6.46. The van der Waals surface area contributed by atoms with Gasteiger partial charge in [0.1, 0.15) is 5.69 Å². The minimum absolute atomic E-state index is 0.169. The topological polar surface area (TPSA) is 122 Å². The third kappa shape index (κ3) is 4.90. The zero-order chi connectivity index (χ0) is 19.1. The first-order valence-electron chi connectivity index (χ1n) is 8.02. The van der Waals surface area contributed by atoms with E-state index in [0.717, 1.165) is 6.07 Å². The van der Waals surface area contributed by atoms with E-state index in [1.807, 2.05) is 9.80 Å². The highest BCUT2D eigenvalue weighted by atomic mass is 16.6. The Bertz CT molecular complexity index is 745. The molecule has 1 aliphatic rings. The molecule has 0 aromatic heterocycles. The molecule has 26 heavy (non-hydrogen) atoms. The number of anilines is 1. The monoisotopic (exact) mass is 361 g/mol. The molecule has 138 valence electrons. The van der Waals surface area contributed by atoms with Crippen LogP contribution in [-0.2, 0) is 4.79 Å². The zero-order valence-electron chi connectivity index (χ0n) is 14.1. The molecule has 1 N–H and O–H groups in total. The van der Waals surface area contributed by atoms with Crippen molar-refractivity contribution in [2.45, 2.75) is 6.42 Å². The standard InChI is InChI=1S/C16H19N5O5/c1-2-6-17-16(22)12-18-7-3-8-19(10-9-18)14-5-4-13(20(23)24)11-15(14)21(25)26/h1,4-5,11H,3,6-10,12H2,(H,17,22). The summed E-state index contributed by atoms with van der Waals surface area (Å²) in [4.78, 5) is 36.4. The van der Waals surface area contributed by atoms with Crippen molar-refractivity contribution < 1.29 is 14.6 Å². The van der Waals surface area contributed by atoms with Crippen molar-refractivity contribution in [1.29, 1.82) is 0 Å². The second-order valence-electron chi connectivity index (χ2n) is 5.78. The molecule has 10 nitrogen and oxygen atoms in total. The van der Waals surface area contributed by atoms with Gasteiger partial charge in [0.05, 0.1) is 29.0 Å². The highest BCUT2D eigenvalue weighted by Crippen LogP contribution is 2.32. The number of rotatable bonds is 6. The molecule has 1 saturated heterocycles. The van der Waals surface area contributed by atoms with Crippen molar-refractivity contribution in [2.75, 3.05) is 44.2 Å². The smallest absolute Gasteiger partial charge is 0.299 e. The number of amides is 1. The van der Waals surface area contributed by atoms with E-state index in [4.69, 9.17) is 6.42 Å². The molecule has 1 aromatic carbocycles. The zero-order valence-corrected chi connectivity index (χ0v) is 14.1. The number of nitro groups is 2. The van der Waals surface area contributed by atoms with Gasteiger partial charge in [-0.2, -0.15) is 0 Å². The SMILES string of the molecule is C#CCNC(=O)CN1CCCN(c2ccc([N+](=O)[O-])cc2[N+](=O)[O-])CC1. The highest BCUT2D eigenvalue weighted by molar-refractivity contribution is 5.78. The van der Waals surface area contributed by atoms with Crippen molar-refractivity contribution in [3.63, 3.8) is 0 Å². The summed E-state index contributed by atoms with van der Waals surface area (Å²) in [7, 11) is 0. The number of hydrogen-bond acceptors (Lipinski definition) is 7. The molecule has 0 spiro atoms. The number of benzene rings is 1. The maximum atomic E-state index is 11.8. The van der Waals surface area contributed by atoms with Gasteiger partial charge in [-0.3, -0.25) is 29.9 Å². The molecule has 10 heteroatoms. The Labute approximate surface area is 150 Å². The van der Waals surface area contributed by atoms with Crippen molar-refractivity contribution in [3.05, 3.63) is 38.4 Å². The summed E-state index contributed by atoms with van der Waals surface area (Å²) in [5, 5.41) is 24.8. The summed E-state index contributed by atoms with van der Waals surface area (Å²) in [5.74, 6) is 2.17. The molecular weight excluding hydrogens is 342 g/mol. The molecule has 0 radical (unpaired) electrons. The maximum Gasteiger partial charge on any atom is 0.299 e. The predicted molar refractivity (Wildman–Crippen MR) is 94.9 cm³/mol. The molecule has 0 atom stereocenters. The van der Waals surface area contributed by atoms with Crippen LogP contribution < -0.4 is 10.2 Å². The summed E-state index contributed by atoms with van der Waals surface area (Å²) in [6.45, 7) is 2.62. The van der Waals surface area contributed by atoms with E-state index in [-0.39, 0.29) is 30.4 Å². The lowest BCUT2D eigenvalue weighted by Gasteiger charge is -2.23. The molecule has 0 aliphatic carbocycles. The van der Waals surface area contributed by atoms with Crippen molar-refractivity contribution in [2.24, 2.45) is 0 Å². The molecule has 0 saturated carbocycles. The van der Waals surface area contributed by atoms with Crippen molar-refractivity contribution in [1.82, 2.24) is 10.2 Å². The Balaban J connectivity index is 2.09. The van der Waals surface area contributed by atoms with Gasteiger partial charge in [-0.25, -0.2) is 0 Å². The van der Waals surface area contributed by atoms with Crippen LogP contribution >= 0.6 is 0 Å². The number of carbonyl (C=O) groups is 1. The van der Waals surface area contributed by atoms with Crippen LogP contribution in [0.4, 0.5) is 17.1 Å². The van der Waals surface area contributed by atoms with Crippen LogP contribution in [0.5, 0.6) is 0 Å². The van der Waals surface area contributed by atoms with E-state index >= 15 is 0 Å². The quantitative estimate of drug-likeness (QED) is 0.451. The van der Waals surface area contributed by atoms with Crippen molar-refractivity contribution >= 4 is 23.0 Å². The maximum absolute atomic E-state index is 11.8. The third-order valence-corrected chi connectivity index (χ3v) is 4.05. The van der Waals surface area contributed by atoms with E-state index < -0.39 is 9.85 Å². The van der Waals surface area contributed by atoms with Crippen LogP contribution in [0, 0.1) is 32.6 Å². The van der Waals surface area contributed by atoms with Gasteiger partial charge in [0.15, 0.2) is 0 Å². The van der Waals surface area contributed by atoms with Gasteiger partial charge in [0.25, 0.3) is 11.4 Å². The summed E-state index contributed by atoms with van der Waals surface area (Å²) in [5.41, 5.74) is -0.263. The lowest BCUT2D eigenvalue weighted by Crippen LogP contribution is -2.39. The van der Waals surface area contributed by atoms with E-state index in [1.54, 1.807) is 0 Å². The van der Waals surface area contributed by atoms with E-state index in [2.05, 4.69) is 11.2 Å². The number of terminal acetylenes is 1. The molecular formula is C16H19N5O5. The number of nitrogens with zero attached hydrogens (tertiary/aromatic N) is 4. The second-order valence-corrected chi connectivity index (χ2v) is 5.78. The Morgan fingerprint density at radius 2 is 1.96 bits per heavy atom. The molecule has 1 aliphatic heterocycles. The van der Waals surface area contributed by atoms with Gasteiger partial charge >= 0.3 is 0 Å². The largest absolute Gasteiger partial charge is 0.365 e. The van der Waals surface area contributed by atoms with Crippen LogP contribution in [-0.4, -0.2) is 59.9 Å². The second kappa shape index (κ2) is 8.77. The highest BCUT2D eigenvalue weighted by Gasteiger charge is 2.25. The number of hydrogen-bond donors (Lipinski definition) is 1. The van der Waals surface area contributed by atoms with Gasteiger partial charge < -0.3 is 10.2 Å². The van der Waals surface area contributed by atoms with E-state index in [1.165, 1.54) is 12.1 Å². The van der Waals surface area contributed by atoms with Gasteiger partial charge in [-0.1, -0.05) is 5.92 Å². The molecule has 0 bridgehead atoms. The Morgan fingerprint density at radius 3 is 2.62 bits per heavy atom. The number of nitro benzene ring substituents is 2. The molecule has 1 heterocycles. The fourth-order valence-electron chi connectivity index (χ4n) is 2.82. The van der Waals surface area contributed by atoms with Gasteiger partial charge in [-0.05, 0) is 12.5 Å². The van der Waals surface area contributed by atoms with Crippen molar-refractivity contribution in [3.8, 4) is 12.3 Å². The Morgan fingerprint density at radius 1 is 1.19 bits per heavy atom. The predicted octanol–water partition coefficient (Wildman–Crippen LogP) is 0.764. The first-order valence-corrected chi connectivity index (χ1v) is 8.02. The lowest BCUT2D eigenvalue weighted by molar-refractivity contribution is -0.393. The summed E-state index contributed by atoms with van der Waals surface area (Å²) in [6.07, 6.45) is 5.81. The molecule has 2 rings (SSSR count). The first-order chi connectivity index (χ1) is 12.4. The van der Waals surface area contributed by atoms with E-state index in [9.17, 15) is 25.0 Å². The van der Waals surface area contributed by atoms with Crippen LogP contribution in [0.1, 0.15) is 6.42 Å². The van der Waals surface area contributed by atoms with Crippen LogP contribution in [0.2, 0.25) is 0 Å². The minimum Gasteiger partial charge on any atom is -0.365 e. The molecule has 1 aromatic rings. The van der Waals surface area contributed by atoms with Gasteiger partial charge in [-0.15, -0.1) is 6.42 Å². The number of carbonyl (C=O) groups excluding carboxylic acids is 1. The fraction of sp³-hybridized carbons (Fsp3) is 0.438. The lowest BCUT2D eigenvalue weighted by atomic mass is 10.2. The van der Waals surface area contributed by atoms with Crippen LogP contribution in [0.25, 0.3) is 0 Å². The average molecular weight is 361 g/mol. The normalized spacial score (nSPS) is 15.0. The fourth-order valence-corrected chi connectivity index (χ4v) is 2.82. The molecule has 1 amide bonds. The van der Waals surface area contributed by atoms with Gasteiger partial charge in [0, 0.05) is 32.2 Å².